The summed E-state index contributed by atoms with van der Waals surface area (Å²) >= 11 is 0. The van der Waals surface area contributed by atoms with Gasteiger partial charge in [-0.15, -0.1) is 0 Å². The van der Waals surface area contributed by atoms with E-state index in [-0.39, 0.29) is 11.6 Å². The zero-order chi connectivity index (χ0) is 16.7. The van der Waals surface area contributed by atoms with Crippen LogP contribution in [0.1, 0.15) is 16.1 Å². The Morgan fingerprint density at radius 2 is 2.09 bits per heavy atom. The van der Waals surface area contributed by atoms with E-state index in [0.29, 0.717) is 23.6 Å². The highest BCUT2D eigenvalue weighted by molar-refractivity contribution is 5.93. The summed E-state index contributed by atoms with van der Waals surface area (Å²) in [5.41, 5.74) is 1.41. The Labute approximate surface area is 135 Å². The summed E-state index contributed by atoms with van der Waals surface area (Å²) in [7, 11) is 3.87. The minimum atomic E-state index is -0.258. The van der Waals surface area contributed by atoms with Gasteiger partial charge in [-0.1, -0.05) is 12.1 Å². The van der Waals surface area contributed by atoms with E-state index in [1.54, 1.807) is 24.3 Å². The monoisotopic (exact) mass is 310 g/mol. The molecule has 1 heterocycles. The van der Waals surface area contributed by atoms with Crippen LogP contribution in [0.5, 0.6) is 0 Å². The molecule has 0 saturated carbocycles. The van der Waals surface area contributed by atoms with E-state index < -0.39 is 0 Å². The molecule has 0 saturated heterocycles. The SMILES string of the molecule is CN(C)CCNC(=O)c1cc(Nc2ccccc2C#N)ncn1. The average molecular weight is 310 g/mol. The Bertz CT molecular complexity index is 723. The van der Waals surface area contributed by atoms with E-state index in [1.807, 2.05) is 25.1 Å². The minimum Gasteiger partial charge on any atom is -0.349 e. The van der Waals surface area contributed by atoms with Crippen molar-refractivity contribution in [2.45, 2.75) is 0 Å². The van der Waals surface area contributed by atoms with Crippen molar-refractivity contribution < 1.29 is 4.79 Å². The molecule has 0 spiro atoms. The van der Waals surface area contributed by atoms with Crippen LogP contribution < -0.4 is 10.6 Å². The Morgan fingerprint density at radius 3 is 2.83 bits per heavy atom. The van der Waals surface area contributed by atoms with E-state index in [2.05, 4.69) is 26.7 Å². The quantitative estimate of drug-likeness (QED) is 0.837. The van der Waals surface area contributed by atoms with Crippen LogP contribution in [0.25, 0.3) is 0 Å². The molecule has 0 unspecified atom stereocenters. The van der Waals surface area contributed by atoms with Crippen LogP contribution in [0.2, 0.25) is 0 Å². The number of likely N-dealkylation sites (N-methyl/N-ethyl adjacent to an activating group) is 1. The van der Waals surface area contributed by atoms with Crippen LogP contribution in [0.3, 0.4) is 0 Å². The Balaban J connectivity index is 2.08. The molecule has 7 heteroatoms. The normalized spacial score (nSPS) is 10.2. The van der Waals surface area contributed by atoms with E-state index in [4.69, 9.17) is 5.26 Å². The smallest absolute Gasteiger partial charge is 0.270 e. The number of amides is 1. The van der Waals surface area contributed by atoms with Crippen molar-refractivity contribution in [1.29, 1.82) is 5.26 Å². The maximum atomic E-state index is 12.1. The molecule has 118 valence electrons. The number of aromatic nitrogens is 2. The molecule has 2 aromatic rings. The fourth-order valence-electron chi connectivity index (χ4n) is 1.86. The van der Waals surface area contributed by atoms with Crippen LogP contribution in [0.15, 0.2) is 36.7 Å². The minimum absolute atomic E-state index is 0.258. The molecular weight excluding hydrogens is 292 g/mol. The number of benzene rings is 1. The van der Waals surface area contributed by atoms with E-state index in [0.717, 1.165) is 6.54 Å². The summed E-state index contributed by atoms with van der Waals surface area (Å²) in [6, 6.07) is 10.7. The lowest BCUT2D eigenvalue weighted by Gasteiger charge is -2.11. The maximum absolute atomic E-state index is 12.1. The van der Waals surface area contributed by atoms with Gasteiger partial charge < -0.3 is 15.5 Å². The van der Waals surface area contributed by atoms with Crippen LogP contribution >= 0.6 is 0 Å². The first-order chi connectivity index (χ1) is 11.1. The Morgan fingerprint density at radius 1 is 1.30 bits per heavy atom. The molecule has 7 nitrogen and oxygen atoms in total. The van der Waals surface area contributed by atoms with Gasteiger partial charge in [0.2, 0.25) is 0 Å². The summed E-state index contributed by atoms with van der Waals surface area (Å²) in [5.74, 6) is 0.200. The lowest BCUT2D eigenvalue weighted by molar-refractivity contribution is 0.0946. The molecule has 2 N–H and O–H groups in total. The predicted octanol–water partition coefficient (Wildman–Crippen LogP) is 1.38. The van der Waals surface area contributed by atoms with Crippen molar-refractivity contribution in [1.82, 2.24) is 20.2 Å². The molecule has 1 aromatic heterocycles. The number of rotatable bonds is 6. The highest BCUT2D eigenvalue weighted by atomic mass is 16.1. The molecule has 1 amide bonds. The number of anilines is 2. The summed E-state index contributed by atoms with van der Waals surface area (Å²) in [6.45, 7) is 1.29. The van der Waals surface area contributed by atoms with Crippen molar-refractivity contribution in [3.63, 3.8) is 0 Å². The molecule has 0 aliphatic rings. The van der Waals surface area contributed by atoms with Crippen LogP contribution in [0.4, 0.5) is 11.5 Å². The van der Waals surface area contributed by atoms with Crippen molar-refractivity contribution in [3.8, 4) is 6.07 Å². The third kappa shape index (κ3) is 4.76. The number of hydrogen-bond acceptors (Lipinski definition) is 6. The number of nitriles is 1. The van der Waals surface area contributed by atoms with Crippen molar-refractivity contribution in [2.24, 2.45) is 0 Å². The third-order valence-electron chi connectivity index (χ3n) is 3.05. The first-order valence-corrected chi connectivity index (χ1v) is 7.11. The fourth-order valence-corrected chi connectivity index (χ4v) is 1.86. The fraction of sp³-hybridized carbons (Fsp3) is 0.250. The number of carbonyl (C=O) groups excluding carboxylic acids is 1. The first kappa shape index (κ1) is 16.4. The molecular formula is C16H18N6O. The predicted molar refractivity (Wildman–Crippen MR) is 87.4 cm³/mol. The zero-order valence-electron chi connectivity index (χ0n) is 13.1. The highest BCUT2D eigenvalue weighted by Crippen LogP contribution is 2.18. The van der Waals surface area contributed by atoms with Crippen LogP contribution in [-0.2, 0) is 0 Å². The molecule has 1 aromatic carbocycles. The summed E-state index contributed by atoms with van der Waals surface area (Å²) in [5, 5.41) is 14.9. The number of carbonyl (C=O) groups is 1. The van der Waals surface area contributed by atoms with Gasteiger partial charge in [0.25, 0.3) is 5.91 Å². The lowest BCUT2D eigenvalue weighted by atomic mass is 10.2. The highest BCUT2D eigenvalue weighted by Gasteiger charge is 2.09. The van der Waals surface area contributed by atoms with Gasteiger partial charge in [0.1, 0.15) is 23.9 Å². The second-order valence-corrected chi connectivity index (χ2v) is 5.13. The standard InChI is InChI=1S/C16H18N6O/c1-22(2)8-7-18-16(23)14-9-15(20-11-19-14)21-13-6-4-3-5-12(13)10-17/h3-6,9,11H,7-8H2,1-2H3,(H,18,23)(H,19,20,21). The summed E-state index contributed by atoms with van der Waals surface area (Å²) in [4.78, 5) is 22.1. The van der Waals surface area contributed by atoms with Gasteiger partial charge in [0, 0.05) is 19.2 Å². The van der Waals surface area contributed by atoms with Gasteiger partial charge >= 0.3 is 0 Å². The van der Waals surface area contributed by atoms with Gasteiger partial charge in [0.15, 0.2) is 0 Å². The van der Waals surface area contributed by atoms with Crippen molar-refractivity contribution >= 4 is 17.4 Å². The number of nitrogens with zero attached hydrogens (tertiary/aromatic N) is 4. The van der Waals surface area contributed by atoms with Gasteiger partial charge in [-0.25, -0.2) is 9.97 Å². The molecule has 0 aliphatic heterocycles. The molecule has 0 fully saturated rings. The number of hydrogen-bond donors (Lipinski definition) is 2. The second-order valence-electron chi connectivity index (χ2n) is 5.13. The molecule has 0 atom stereocenters. The Kier molecular flexibility index (Phi) is 5.61. The second kappa shape index (κ2) is 7.87. The van der Waals surface area contributed by atoms with E-state index in [9.17, 15) is 4.79 Å². The molecule has 23 heavy (non-hydrogen) atoms. The summed E-state index contributed by atoms with van der Waals surface area (Å²) < 4.78 is 0. The average Bonchev–Trinajstić information content (AvgIpc) is 2.55. The van der Waals surface area contributed by atoms with Gasteiger partial charge in [-0.2, -0.15) is 5.26 Å². The maximum Gasteiger partial charge on any atom is 0.270 e. The van der Waals surface area contributed by atoms with Gasteiger partial charge in [0.05, 0.1) is 11.3 Å². The van der Waals surface area contributed by atoms with Gasteiger partial charge in [-0.3, -0.25) is 4.79 Å². The van der Waals surface area contributed by atoms with Crippen molar-refractivity contribution in [3.05, 3.63) is 47.9 Å². The first-order valence-electron chi connectivity index (χ1n) is 7.11. The van der Waals surface area contributed by atoms with E-state index >= 15 is 0 Å². The third-order valence-corrected chi connectivity index (χ3v) is 3.05. The van der Waals surface area contributed by atoms with Crippen LogP contribution in [-0.4, -0.2) is 48.0 Å². The van der Waals surface area contributed by atoms with Crippen LogP contribution in [0, 0.1) is 11.3 Å². The molecule has 0 radical (unpaired) electrons. The van der Waals surface area contributed by atoms with E-state index in [1.165, 1.54) is 6.33 Å². The van der Waals surface area contributed by atoms with Gasteiger partial charge in [-0.05, 0) is 26.2 Å². The molecule has 2 rings (SSSR count). The number of nitrogens with one attached hydrogen (secondary N) is 2. The number of para-hydroxylation sites is 1. The zero-order valence-corrected chi connectivity index (χ0v) is 13.1. The largest absolute Gasteiger partial charge is 0.349 e. The lowest BCUT2D eigenvalue weighted by Crippen LogP contribution is -2.31. The van der Waals surface area contributed by atoms with Crippen molar-refractivity contribution in [2.75, 3.05) is 32.5 Å². The molecule has 0 aliphatic carbocycles. The summed E-state index contributed by atoms with van der Waals surface area (Å²) in [6.07, 6.45) is 1.32. The molecule has 0 bridgehead atoms. The topological polar surface area (TPSA) is 93.9 Å². The Hall–Kier alpha value is -2.98.